The molecule has 0 bridgehead atoms. The summed E-state index contributed by atoms with van der Waals surface area (Å²) in [6, 6.07) is 5.51. The number of carbonyl (C=O) groups excluding carboxylic acids is 2. The van der Waals surface area contributed by atoms with Crippen LogP contribution in [0.3, 0.4) is 0 Å². The molecule has 5 nitrogen and oxygen atoms in total. The van der Waals surface area contributed by atoms with Crippen molar-refractivity contribution < 1.29 is 9.59 Å². The van der Waals surface area contributed by atoms with E-state index in [9.17, 15) is 9.59 Å². The summed E-state index contributed by atoms with van der Waals surface area (Å²) in [6.45, 7) is 4.87. The van der Waals surface area contributed by atoms with Crippen molar-refractivity contribution in [2.75, 3.05) is 26.2 Å². The Morgan fingerprint density at radius 3 is 2.92 bits per heavy atom. The molecule has 2 amide bonds. The van der Waals surface area contributed by atoms with E-state index in [2.05, 4.69) is 10.6 Å². The molecule has 2 unspecified atom stereocenters. The number of carbonyl (C=O) groups is 2. The summed E-state index contributed by atoms with van der Waals surface area (Å²) in [5, 5.41) is 6.80. The summed E-state index contributed by atoms with van der Waals surface area (Å²) < 4.78 is 0. The van der Waals surface area contributed by atoms with Gasteiger partial charge in [0.1, 0.15) is 0 Å². The molecular formula is C19H26ClN3O2. The Bertz CT molecular complexity index is 644. The highest BCUT2D eigenvalue weighted by molar-refractivity contribution is 6.34. The lowest BCUT2D eigenvalue weighted by Crippen LogP contribution is -2.46. The molecule has 2 heterocycles. The number of likely N-dealkylation sites (tertiary alicyclic amines) is 1. The van der Waals surface area contributed by atoms with Gasteiger partial charge in [0.05, 0.1) is 16.6 Å². The summed E-state index contributed by atoms with van der Waals surface area (Å²) in [5.41, 5.74) is 1.49. The Morgan fingerprint density at radius 1 is 1.32 bits per heavy atom. The number of halogens is 1. The van der Waals surface area contributed by atoms with E-state index in [0.29, 0.717) is 29.6 Å². The first kappa shape index (κ1) is 18.2. The second-order valence-corrected chi connectivity index (χ2v) is 7.47. The highest BCUT2D eigenvalue weighted by Gasteiger charge is 2.27. The van der Waals surface area contributed by atoms with Gasteiger partial charge in [0.15, 0.2) is 0 Å². The minimum Gasteiger partial charge on any atom is -0.354 e. The third-order valence-electron chi connectivity index (χ3n) is 5.17. The van der Waals surface area contributed by atoms with Crippen LogP contribution in [0.25, 0.3) is 0 Å². The second kappa shape index (κ2) is 8.19. The van der Waals surface area contributed by atoms with E-state index in [1.54, 1.807) is 6.07 Å². The number of benzene rings is 1. The van der Waals surface area contributed by atoms with Crippen LogP contribution in [0, 0.1) is 12.8 Å². The maximum absolute atomic E-state index is 12.8. The molecule has 25 heavy (non-hydrogen) atoms. The van der Waals surface area contributed by atoms with Gasteiger partial charge in [0.2, 0.25) is 5.91 Å². The number of nitrogens with zero attached hydrogens (tertiary/aromatic N) is 1. The molecule has 2 aliphatic rings. The van der Waals surface area contributed by atoms with E-state index in [1.807, 2.05) is 24.0 Å². The fourth-order valence-electron chi connectivity index (χ4n) is 3.68. The van der Waals surface area contributed by atoms with E-state index >= 15 is 0 Å². The molecule has 2 aliphatic heterocycles. The second-order valence-electron chi connectivity index (χ2n) is 7.09. The fourth-order valence-corrected chi connectivity index (χ4v) is 3.88. The Labute approximate surface area is 154 Å². The van der Waals surface area contributed by atoms with Crippen molar-refractivity contribution in [3.05, 3.63) is 34.3 Å². The van der Waals surface area contributed by atoms with E-state index in [4.69, 9.17) is 11.6 Å². The largest absolute Gasteiger partial charge is 0.354 e. The quantitative estimate of drug-likeness (QED) is 0.863. The first-order valence-electron chi connectivity index (χ1n) is 9.11. The maximum Gasteiger partial charge on any atom is 0.255 e. The molecule has 6 heteroatoms. The van der Waals surface area contributed by atoms with Gasteiger partial charge in [0.25, 0.3) is 5.91 Å². The molecule has 2 fully saturated rings. The van der Waals surface area contributed by atoms with Crippen molar-refractivity contribution in [1.82, 2.24) is 15.5 Å². The monoisotopic (exact) mass is 363 g/mol. The van der Waals surface area contributed by atoms with Crippen LogP contribution in [-0.2, 0) is 4.79 Å². The molecule has 0 aromatic heterocycles. The number of nitrogens with one attached hydrogen (secondary N) is 2. The molecule has 0 radical (unpaired) electrons. The minimum absolute atomic E-state index is 0.0119. The lowest BCUT2D eigenvalue weighted by molar-refractivity contribution is -0.123. The standard InChI is InChI=1S/C19H26ClN3O2/c1-13-5-2-7-15(17(13)20)19(25)23-10-4-6-14(12-23)11-22-18(24)16-8-3-9-21-16/h2,5,7,14,16,21H,3-4,6,8-12H2,1H3,(H,22,24). The SMILES string of the molecule is Cc1cccc(C(=O)N2CCCC(CNC(=O)C3CCCN3)C2)c1Cl. The lowest BCUT2D eigenvalue weighted by atomic mass is 9.97. The van der Waals surface area contributed by atoms with Crippen molar-refractivity contribution in [3.8, 4) is 0 Å². The van der Waals surface area contributed by atoms with Crippen LogP contribution in [0.2, 0.25) is 5.02 Å². The number of aryl methyl sites for hydroxylation is 1. The third kappa shape index (κ3) is 4.33. The fraction of sp³-hybridized carbons (Fsp3) is 0.579. The first-order valence-corrected chi connectivity index (χ1v) is 9.49. The number of hydrogen-bond donors (Lipinski definition) is 2. The average Bonchev–Trinajstić information content (AvgIpc) is 3.16. The summed E-state index contributed by atoms with van der Waals surface area (Å²) in [6.07, 6.45) is 3.95. The lowest BCUT2D eigenvalue weighted by Gasteiger charge is -2.33. The summed E-state index contributed by atoms with van der Waals surface area (Å²) >= 11 is 6.31. The molecular weight excluding hydrogens is 338 g/mol. The smallest absolute Gasteiger partial charge is 0.255 e. The van der Waals surface area contributed by atoms with E-state index in [1.165, 1.54) is 0 Å². The van der Waals surface area contributed by atoms with Crippen LogP contribution < -0.4 is 10.6 Å². The van der Waals surface area contributed by atoms with Crippen molar-refractivity contribution in [3.63, 3.8) is 0 Å². The van der Waals surface area contributed by atoms with Crippen molar-refractivity contribution in [2.24, 2.45) is 5.92 Å². The molecule has 0 aliphatic carbocycles. The summed E-state index contributed by atoms with van der Waals surface area (Å²) in [5.74, 6) is 0.372. The zero-order valence-corrected chi connectivity index (χ0v) is 15.4. The molecule has 2 N–H and O–H groups in total. The van der Waals surface area contributed by atoms with Crippen LogP contribution >= 0.6 is 11.6 Å². The molecule has 0 saturated carbocycles. The molecule has 1 aromatic carbocycles. The number of hydrogen-bond acceptors (Lipinski definition) is 3. The van der Waals surface area contributed by atoms with Gasteiger partial charge in [-0.25, -0.2) is 0 Å². The minimum atomic E-state index is -0.0487. The zero-order valence-electron chi connectivity index (χ0n) is 14.7. The highest BCUT2D eigenvalue weighted by Crippen LogP contribution is 2.24. The van der Waals surface area contributed by atoms with Gasteiger partial charge >= 0.3 is 0 Å². The highest BCUT2D eigenvalue weighted by atomic mass is 35.5. The topological polar surface area (TPSA) is 61.4 Å². The van der Waals surface area contributed by atoms with Crippen LogP contribution in [0.15, 0.2) is 18.2 Å². The Hall–Kier alpha value is -1.59. The van der Waals surface area contributed by atoms with Gasteiger partial charge in [-0.1, -0.05) is 23.7 Å². The van der Waals surface area contributed by atoms with E-state index in [-0.39, 0.29) is 17.9 Å². The van der Waals surface area contributed by atoms with Gasteiger partial charge in [-0.2, -0.15) is 0 Å². The normalized spacial score (nSPS) is 23.5. The van der Waals surface area contributed by atoms with E-state index < -0.39 is 0 Å². The van der Waals surface area contributed by atoms with Crippen molar-refractivity contribution in [2.45, 2.75) is 38.6 Å². The van der Waals surface area contributed by atoms with Gasteiger partial charge in [0, 0.05) is 19.6 Å². The summed E-state index contributed by atoms with van der Waals surface area (Å²) in [4.78, 5) is 26.8. The zero-order chi connectivity index (χ0) is 17.8. The molecule has 2 saturated heterocycles. The third-order valence-corrected chi connectivity index (χ3v) is 5.67. The van der Waals surface area contributed by atoms with Crippen LogP contribution in [0.4, 0.5) is 0 Å². The first-order chi connectivity index (χ1) is 12.1. The molecule has 0 spiro atoms. The van der Waals surface area contributed by atoms with Gasteiger partial charge in [-0.05, 0) is 56.7 Å². The van der Waals surface area contributed by atoms with Gasteiger partial charge in [-0.15, -0.1) is 0 Å². The van der Waals surface area contributed by atoms with Crippen molar-refractivity contribution >= 4 is 23.4 Å². The molecule has 2 atom stereocenters. The van der Waals surface area contributed by atoms with Crippen LogP contribution in [-0.4, -0.2) is 48.9 Å². The molecule has 3 rings (SSSR count). The number of piperidine rings is 1. The Morgan fingerprint density at radius 2 is 2.16 bits per heavy atom. The predicted molar refractivity (Wildman–Crippen MR) is 98.9 cm³/mol. The summed E-state index contributed by atoms with van der Waals surface area (Å²) in [7, 11) is 0. The van der Waals surface area contributed by atoms with Crippen molar-refractivity contribution in [1.29, 1.82) is 0 Å². The Balaban J connectivity index is 1.56. The van der Waals surface area contributed by atoms with Gasteiger partial charge < -0.3 is 15.5 Å². The van der Waals surface area contributed by atoms with E-state index in [0.717, 1.165) is 44.3 Å². The maximum atomic E-state index is 12.8. The Kier molecular flexibility index (Phi) is 5.97. The van der Waals surface area contributed by atoms with Crippen LogP contribution in [0.5, 0.6) is 0 Å². The van der Waals surface area contributed by atoms with Crippen LogP contribution in [0.1, 0.15) is 41.6 Å². The van der Waals surface area contributed by atoms with Gasteiger partial charge in [-0.3, -0.25) is 9.59 Å². The molecule has 136 valence electrons. The average molecular weight is 364 g/mol. The number of rotatable bonds is 4. The number of amides is 2. The molecule has 1 aromatic rings. The predicted octanol–water partition coefficient (Wildman–Crippen LogP) is 2.37.